The molecule has 1 aromatic carbocycles. The lowest BCUT2D eigenvalue weighted by Crippen LogP contribution is -2.38. The molecular weight excluding hydrogens is 284 g/mol. The van der Waals surface area contributed by atoms with Gasteiger partial charge in [0.25, 0.3) is 5.91 Å². The minimum absolute atomic E-state index is 0.0803. The summed E-state index contributed by atoms with van der Waals surface area (Å²) in [5.74, 6) is 1.58. The molecule has 0 bridgehead atoms. The number of benzene rings is 1. The first-order valence-corrected chi connectivity index (χ1v) is 8.93. The molecule has 0 aromatic heterocycles. The van der Waals surface area contributed by atoms with Crippen molar-refractivity contribution in [3.8, 4) is 0 Å². The SMILES string of the molecule is CC1CCC(C(C)C)N(Cc2cccc(C(=O)N(C)C)c2)CC1. The molecule has 3 heteroatoms. The molecule has 0 radical (unpaired) electrons. The molecule has 0 N–H and O–H groups in total. The Balaban J connectivity index is 2.15. The minimum Gasteiger partial charge on any atom is -0.345 e. The van der Waals surface area contributed by atoms with Crippen LogP contribution in [0.4, 0.5) is 0 Å². The summed E-state index contributed by atoms with van der Waals surface area (Å²) in [6, 6.07) is 8.78. The molecule has 1 aliphatic heterocycles. The van der Waals surface area contributed by atoms with Crippen LogP contribution in [0, 0.1) is 11.8 Å². The van der Waals surface area contributed by atoms with Crippen molar-refractivity contribution in [1.82, 2.24) is 9.80 Å². The van der Waals surface area contributed by atoms with E-state index in [-0.39, 0.29) is 5.91 Å². The predicted molar refractivity (Wildman–Crippen MR) is 96.5 cm³/mol. The van der Waals surface area contributed by atoms with Crippen molar-refractivity contribution in [2.24, 2.45) is 11.8 Å². The Labute approximate surface area is 141 Å². The van der Waals surface area contributed by atoms with Crippen LogP contribution < -0.4 is 0 Å². The van der Waals surface area contributed by atoms with Crippen molar-refractivity contribution in [2.45, 2.75) is 52.6 Å². The van der Waals surface area contributed by atoms with Gasteiger partial charge in [-0.1, -0.05) is 32.9 Å². The van der Waals surface area contributed by atoms with Gasteiger partial charge in [-0.3, -0.25) is 9.69 Å². The summed E-state index contributed by atoms with van der Waals surface area (Å²) in [4.78, 5) is 16.4. The van der Waals surface area contributed by atoms with Crippen molar-refractivity contribution in [3.05, 3.63) is 35.4 Å². The number of likely N-dealkylation sites (tertiary alicyclic amines) is 1. The number of rotatable bonds is 4. The minimum atomic E-state index is 0.0803. The normalized spacial score (nSPS) is 22.9. The fraction of sp³-hybridized carbons (Fsp3) is 0.650. The van der Waals surface area contributed by atoms with Crippen molar-refractivity contribution >= 4 is 5.91 Å². The van der Waals surface area contributed by atoms with E-state index in [0.29, 0.717) is 12.0 Å². The number of amides is 1. The van der Waals surface area contributed by atoms with E-state index in [0.717, 1.165) is 24.6 Å². The van der Waals surface area contributed by atoms with Crippen LogP contribution >= 0.6 is 0 Å². The van der Waals surface area contributed by atoms with Crippen LogP contribution in [0.3, 0.4) is 0 Å². The molecule has 2 atom stereocenters. The lowest BCUT2D eigenvalue weighted by Gasteiger charge is -2.33. The Morgan fingerprint density at radius 3 is 2.65 bits per heavy atom. The highest BCUT2D eigenvalue weighted by molar-refractivity contribution is 5.94. The van der Waals surface area contributed by atoms with Crippen molar-refractivity contribution in [1.29, 1.82) is 0 Å². The zero-order chi connectivity index (χ0) is 17.0. The first-order valence-electron chi connectivity index (χ1n) is 8.93. The van der Waals surface area contributed by atoms with Crippen molar-refractivity contribution in [2.75, 3.05) is 20.6 Å². The van der Waals surface area contributed by atoms with E-state index in [1.807, 2.05) is 12.1 Å². The maximum absolute atomic E-state index is 12.2. The summed E-state index contributed by atoms with van der Waals surface area (Å²) < 4.78 is 0. The van der Waals surface area contributed by atoms with E-state index in [4.69, 9.17) is 0 Å². The largest absolute Gasteiger partial charge is 0.345 e. The second-order valence-electron chi connectivity index (χ2n) is 7.65. The van der Waals surface area contributed by atoms with Gasteiger partial charge in [-0.15, -0.1) is 0 Å². The predicted octanol–water partition coefficient (Wildman–Crippen LogP) is 4.04. The summed E-state index contributed by atoms with van der Waals surface area (Å²) in [5.41, 5.74) is 2.04. The number of hydrogen-bond donors (Lipinski definition) is 0. The zero-order valence-electron chi connectivity index (χ0n) is 15.4. The highest BCUT2D eigenvalue weighted by Gasteiger charge is 2.26. The molecule has 1 heterocycles. The Morgan fingerprint density at radius 2 is 2.00 bits per heavy atom. The molecule has 0 spiro atoms. The third kappa shape index (κ3) is 4.81. The Bertz CT molecular complexity index is 524. The van der Waals surface area contributed by atoms with Crippen molar-refractivity contribution in [3.63, 3.8) is 0 Å². The molecule has 2 rings (SSSR count). The van der Waals surface area contributed by atoms with Crippen LogP contribution in [0.1, 0.15) is 56.0 Å². The molecule has 3 nitrogen and oxygen atoms in total. The zero-order valence-corrected chi connectivity index (χ0v) is 15.4. The molecular formula is C20H32N2O. The number of carbonyl (C=O) groups is 1. The molecule has 1 amide bonds. The number of carbonyl (C=O) groups excluding carboxylic acids is 1. The standard InChI is InChI=1S/C20H32N2O/c1-15(2)19-10-9-16(3)11-12-22(19)14-17-7-6-8-18(13-17)20(23)21(4)5/h6-8,13,15-16,19H,9-12,14H2,1-5H3. The van der Waals surface area contributed by atoms with E-state index in [2.05, 4.69) is 37.8 Å². The monoisotopic (exact) mass is 316 g/mol. The first kappa shape index (κ1) is 18.0. The van der Waals surface area contributed by atoms with Crippen LogP contribution in [0.25, 0.3) is 0 Å². The maximum atomic E-state index is 12.2. The highest BCUT2D eigenvalue weighted by atomic mass is 16.2. The van der Waals surface area contributed by atoms with Gasteiger partial charge in [-0.2, -0.15) is 0 Å². The van der Waals surface area contributed by atoms with Crippen LogP contribution in [-0.4, -0.2) is 42.4 Å². The lowest BCUT2D eigenvalue weighted by atomic mass is 9.95. The molecule has 2 unspecified atom stereocenters. The Hall–Kier alpha value is -1.35. The van der Waals surface area contributed by atoms with E-state index in [9.17, 15) is 4.79 Å². The fourth-order valence-corrected chi connectivity index (χ4v) is 3.58. The molecule has 1 fully saturated rings. The molecule has 1 aromatic rings. The van der Waals surface area contributed by atoms with E-state index in [1.54, 1.807) is 19.0 Å². The average molecular weight is 316 g/mol. The fourth-order valence-electron chi connectivity index (χ4n) is 3.58. The van der Waals surface area contributed by atoms with Gasteiger partial charge in [0, 0.05) is 32.2 Å². The molecule has 128 valence electrons. The summed E-state index contributed by atoms with van der Waals surface area (Å²) >= 11 is 0. The van der Waals surface area contributed by atoms with Gasteiger partial charge in [-0.05, 0) is 55.3 Å². The number of nitrogens with zero attached hydrogens (tertiary/aromatic N) is 2. The summed E-state index contributed by atoms with van der Waals surface area (Å²) in [6.45, 7) is 9.15. The van der Waals surface area contributed by atoms with Gasteiger partial charge in [0.2, 0.25) is 0 Å². The lowest BCUT2D eigenvalue weighted by molar-refractivity contribution is 0.0827. The van der Waals surface area contributed by atoms with Gasteiger partial charge < -0.3 is 4.90 Å². The average Bonchev–Trinajstić information content (AvgIpc) is 2.69. The summed E-state index contributed by atoms with van der Waals surface area (Å²) in [7, 11) is 3.61. The van der Waals surface area contributed by atoms with E-state index < -0.39 is 0 Å². The van der Waals surface area contributed by atoms with Crippen molar-refractivity contribution < 1.29 is 4.79 Å². The molecule has 1 aliphatic rings. The highest BCUT2D eigenvalue weighted by Crippen LogP contribution is 2.27. The second-order valence-corrected chi connectivity index (χ2v) is 7.65. The molecule has 0 saturated carbocycles. The van der Waals surface area contributed by atoms with Crippen LogP contribution in [0.2, 0.25) is 0 Å². The van der Waals surface area contributed by atoms with Crippen LogP contribution in [0.5, 0.6) is 0 Å². The summed E-state index contributed by atoms with van der Waals surface area (Å²) in [5, 5.41) is 0. The summed E-state index contributed by atoms with van der Waals surface area (Å²) in [6.07, 6.45) is 3.90. The topological polar surface area (TPSA) is 23.6 Å². The Kier molecular flexibility index (Phi) is 6.23. The van der Waals surface area contributed by atoms with Gasteiger partial charge in [0.15, 0.2) is 0 Å². The van der Waals surface area contributed by atoms with Gasteiger partial charge in [0.1, 0.15) is 0 Å². The maximum Gasteiger partial charge on any atom is 0.253 e. The molecule has 0 aliphatic carbocycles. The second kappa shape index (κ2) is 7.96. The van der Waals surface area contributed by atoms with Crippen LogP contribution in [-0.2, 0) is 6.54 Å². The van der Waals surface area contributed by atoms with Gasteiger partial charge in [-0.25, -0.2) is 0 Å². The number of hydrogen-bond acceptors (Lipinski definition) is 2. The van der Waals surface area contributed by atoms with Gasteiger partial charge >= 0.3 is 0 Å². The van der Waals surface area contributed by atoms with E-state index >= 15 is 0 Å². The quantitative estimate of drug-likeness (QED) is 0.837. The van der Waals surface area contributed by atoms with E-state index in [1.165, 1.54) is 24.8 Å². The Morgan fingerprint density at radius 1 is 1.26 bits per heavy atom. The molecule has 23 heavy (non-hydrogen) atoms. The third-order valence-electron chi connectivity index (χ3n) is 5.07. The smallest absolute Gasteiger partial charge is 0.253 e. The first-order chi connectivity index (χ1) is 10.9. The van der Waals surface area contributed by atoms with Gasteiger partial charge in [0.05, 0.1) is 0 Å². The third-order valence-corrected chi connectivity index (χ3v) is 5.07. The molecule has 1 saturated heterocycles. The van der Waals surface area contributed by atoms with Crippen LogP contribution in [0.15, 0.2) is 24.3 Å².